The number of hydrogen-bond donors (Lipinski definition) is 1. The zero-order chi connectivity index (χ0) is 23.6. The summed E-state index contributed by atoms with van der Waals surface area (Å²) < 4.78 is 47.5. The van der Waals surface area contributed by atoms with Crippen LogP contribution in [0.25, 0.3) is 11.4 Å². The molecular weight excluding hydrogens is 465 g/mol. The normalized spacial score (nSPS) is 16.6. The third-order valence-electron chi connectivity index (χ3n) is 4.85. The maximum Gasteiger partial charge on any atom is 0.471 e. The van der Waals surface area contributed by atoms with E-state index >= 15 is 0 Å². The lowest BCUT2D eigenvalue weighted by atomic mass is 10.2. The second kappa shape index (κ2) is 9.23. The highest BCUT2D eigenvalue weighted by atomic mass is 32.1. The van der Waals surface area contributed by atoms with Crippen LogP contribution in [0.3, 0.4) is 0 Å². The number of nitrogens with zero attached hydrogens (tertiary/aromatic N) is 5. The number of ether oxygens (including phenoxy) is 1. The number of pyridine rings is 1. The Labute approximate surface area is 188 Å². The van der Waals surface area contributed by atoms with Gasteiger partial charge < -0.3 is 19.5 Å². The van der Waals surface area contributed by atoms with Crippen molar-refractivity contribution in [2.75, 3.05) is 26.3 Å². The Morgan fingerprint density at radius 1 is 1.30 bits per heavy atom. The van der Waals surface area contributed by atoms with Gasteiger partial charge in [0.15, 0.2) is 0 Å². The number of morpholine rings is 1. The molecule has 4 heterocycles. The molecular formula is C19H17F3N6O4S. The van der Waals surface area contributed by atoms with E-state index in [4.69, 9.17) is 4.74 Å². The highest BCUT2D eigenvalue weighted by Crippen LogP contribution is 2.29. The number of carbonyl (C=O) groups is 2. The minimum Gasteiger partial charge on any atom is -0.377 e. The number of amides is 2. The molecule has 0 aliphatic carbocycles. The summed E-state index contributed by atoms with van der Waals surface area (Å²) in [4.78, 5) is 38.9. The van der Waals surface area contributed by atoms with Crippen molar-refractivity contribution in [1.29, 1.82) is 0 Å². The SMILES string of the molecule is Cc1ncsc1C(=O)N1CCOC[C@@H]1CNC(=O)c1ccc(-c2noc(C(F)(F)F)n2)cn1. The van der Waals surface area contributed by atoms with E-state index in [1.165, 1.54) is 29.7 Å². The molecule has 14 heteroatoms. The van der Waals surface area contributed by atoms with Gasteiger partial charge in [0, 0.05) is 24.8 Å². The van der Waals surface area contributed by atoms with Crippen LogP contribution in [0.15, 0.2) is 28.4 Å². The molecule has 0 radical (unpaired) electrons. The number of thiazole rings is 1. The summed E-state index contributed by atoms with van der Waals surface area (Å²) in [6.07, 6.45) is -3.58. The fourth-order valence-corrected chi connectivity index (χ4v) is 3.90. The number of rotatable bonds is 5. The van der Waals surface area contributed by atoms with E-state index in [9.17, 15) is 22.8 Å². The van der Waals surface area contributed by atoms with E-state index in [0.717, 1.165) is 0 Å². The smallest absolute Gasteiger partial charge is 0.377 e. The van der Waals surface area contributed by atoms with Crippen LogP contribution < -0.4 is 5.32 Å². The summed E-state index contributed by atoms with van der Waals surface area (Å²) in [6.45, 7) is 2.92. The molecule has 3 aromatic rings. The van der Waals surface area contributed by atoms with Crippen molar-refractivity contribution in [2.24, 2.45) is 0 Å². The summed E-state index contributed by atoms with van der Waals surface area (Å²) in [5.74, 6) is -2.45. The largest absolute Gasteiger partial charge is 0.471 e. The first-order valence-electron chi connectivity index (χ1n) is 9.68. The average Bonchev–Trinajstić information content (AvgIpc) is 3.47. The van der Waals surface area contributed by atoms with E-state index in [1.807, 2.05) is 0 Å². The van der Waals surface area contributed by atoms with Crippen LogP contribution in [0.5, 0.6) is 0 Å². The Morgan fingerprint density at radius 2 is 2.12 bits per heavy atom. The molecule has 174 valence electrons. The van der Waals surface area contributed by atoms with Crippen molar-refractivity contribution in [3.63, 3.8) is 0 Å². The lowest BCUT2D eigenvalue weighted by Gasteiger charge is -2.35. The Hall–Kier alpha value is -3.39. The Balaban J connectivity index is 1.39. The van der Waals surface area contributed by atoms with Crippen LogP contribution in [0.4, 0.5) is 13.2 Å². The van der Waals surface area contributed by atoms with E-state index in [-0.39, 0.29) is 42.2 Å². The first kappa shape index (κ1) is 22.8. The molecule has 0 saturated carbocycles. The molecule has 1 atom stereocenters. The maximum atomic E-state index is 12.9. The number of halogens is 3. The lowest BCUT2D eigenvalue weighted by Crippen LogP contribution is -2.53. The first-order valence-corrected chi connectivity index (χ1v) is 10.6. The molecule has 1 N–H and O–H groups in total. The number of alkyl halides is 3. The third-order valence-corrected chi connectivity index (χ3v) is 5.77. The van der Waals surface area contributed by atoms with Gasteiger partial charge in [-0.2, -0.15) is 18.2 Å². The second-order valence-electron chi connectivity index (χ2n) is 7.06. The Morgan fingerprint density at radius 3 is 2.76 bits per heavy atom. The van der Waals surface area contributed by atoms with Gasteiger partial charge in [0.2, 0.25) is 5.82 Å². The van der Waals surface area contributed by atoms with Gasteiger partial charge in [-0.15, -0.1) is 11.3 Å². The Bertz CT molecular complexity index is 1150. The van der Waals surface area contributed by atoms with Crippen molar-refractivity contribution >= 4 is 23.2 Å². The maximum absolute atomic E-state index is 12.9. The van der Waals surface area contributed by atoms with Crippen LogP contribution in [0.1, 0.15) is 31.7 Å². The summed E-state index contributed by atoms with van der Waals surface area (Å²) in [5.41, 5.74) is 2.44. The van der Waals surface area contributed by atoms with Crippen LogP contribution >= 0.6 is 11.3 Å². The summed E-state index contributed by atoms with van der Waals surface area (Å²) in [7, 11) is 0. The summed E-state index contributed by atoms with van der Waals surface area (Å²) in [6, 6.07) is 2.31. The van der Waals surface area contributed by atoms with Crippen molar-refractivity contribution in [3.05, 3.63) is 46.0 Å². The van der Waals surface area contributed by atoms with Gasteiger partial charge in [-0.05, 0) is 19.1 Å². The average molecular weight is 482 g/mol. The van der Waals surface area contributed by atoms with Gasteiger partial charge in [0.1, 0.15) is 10.6 Å². The van der Waals surface area contributed by atoms with E-state index in [2.05, 4.69) is 29.9 Å². The van der Waals surface area contributed by atoms with Crippen LogP contribution in [-0.2, 0) is 10.9 Å². The molecule has 1 aliphatic heterocycles. The molecule has 0 aromatic carbocycles. The van der Waals surface area contributed by atoms with Crippen molar-refractivity contribution < 1.29 is 32.0 Å². The predicted molar refractivity (Wildman–Crippen MR) is 107 cm³/mol. The van der Waals surface area contributed by atoms with Crippen LogP contribution in [-0.4, -0.2) is 69.2 Å². The zero-order valence-electron chi connectivity index (χ0n) is 17.1. The quantitative estimate of drug-likeness (QED) is 0.587. The second-order valence-corrected chi connectivity index (χ2v) is 7.91. The van der Waals surface area contributed by atoms with Gasteiger partial charge in [-0.1, -0.05) is 5.16 Å². The molecule has 1 fully saturated rings. The molecule has 0 unspecified atom stereocenters. The molecule has 1 saturated heterocycles. The molecule has 3 aromatic heterocycles. The van der Waals surface area contributed by atoms with Crippen molar-refractivity contribution in [3.8, 4) is 11.4 Å². The Kier molecular flexibility index (Phi) is 6.37. The summed E-state index contributed by atoms with van der Waals surface area (Å²) >= 11 is 1.26. The topological polar surface area (TPSA) is 123 Å². The highest BCUT2D eigenvalue weighted by Gasteiger charge is 2.38. The van der Waals surface area contributed by atoms with Crippen LogP contribution in [0, 0.1) is 6.92 Å². The number of nitrogens with one attached hydrogen (secondary N) is 1. The predicted octanol–water partition coefficient (Wildman–Crippen LogP) is 2.19. The number of aromatic nitrogens is 4. The molecule has 0 spiro atoms. The molecule has 33 heavy (non-hydrogen) atoms. The van der Waals surface area contributed by atoms with E-state index < -0.39 is 18.0 Å². The fraction of sp³-hybridized carbons (Fsp3) is 0.368. The van der Waals surface area contributed by atoms with Gasteiger partial charge in [-0.25, -0.2) is 4.98 Å². The van der Waals surface area contributed by atoms with Gasteiger partial charge >= 0.3 is 12.1 Å². The number of carbonyl (C=O) groups excluding carboxylic acids is 2. The van der Waals surface area contributed by atoms with Gasteiger partial charge in [0.05, 0.1) is 30.5 Å². The van der Waals surface area contributed by atoms with Crippen LogP contribution in [0.2, 0.25) is 0 Å². The minimum atomic E-state index is -4.75. The van der Waals surface area contributed by atoms with Crippen molar-refractivity contribution in [1.82, 2.24) is 30.3 Å². The van der Waals surface area contributed by atoms with E-state index in [0.29, 0.717) is 23.7 Å². The van der Waals surface area contributed by atoms with Gasteiger partial charge in [-0.3, -0.25) is 14.6 Å². The minimum absolute atomic E-state index is 0.0335. The lowest BCUT2D eigenvalue weighted by molar-refractivity contribution is -0.159. The third kappa shape index (κ3) is 5.01. The highest BCUT2D eigenvalue weighted by molar-refractivity contribution is 7.11. The standard InChI is InChI=1S/C19H17F3N6O4S/c1-10-14(33-9-25-10)17(30)28-4-5-31-8-12(28)7-24-16(29)13-3-2-11(6-23-13)15-26-18(32-27-15)19(20,21)22/h2-3,6,9,12H,4-5,7-8H2,1H3,(H,24,29)/t12-/m0/s1. The van der Waals surface area contributed by atoms with E-state index in [1.54, 1.807) is 17.3 Å². The molecule has 4 rings (SSSR count). The fourth-order valence-electron chi connectivity index (χ4n) is 3.15. The monoisotopic (exact) mass is 482 g/mol. The first-order chi connectivity index (χ1) is 15.7. The molecule has 0 bridgehead atoms. The van der Waals surface area contributed by atoms with Gasteiger partial charge in [0.25, 0.3) is 11.8 Å². The zero-order valence-corrected chi connectivity index (χ0v) is 17.9. The molecule has 1 aliphatic rings. The number of aryl methyl sites for hydroxylation is 1. The molecule has 2 amide bonds. The number of hydrogen-bond acceptors (Lipinski definition) is 9. The molecule has 10 nitrogen and oxygen atoms in total. The van der Waals surface area contributed by atoms with Crippen molar-refractivity contribution in [2.45, 2.75) is 19.1 Å². The summed E-state index contributed by atoms with van der Waals surface area (Å²) in [5, 5.41) is 5.99.